The van der Waals surface area contributed by atoms with E-state index in [9.17, 15) is 22.8 Å². The summed E-state index contributed by atoms with van der Waals surface area (Å²) in [5.41, 5.74) is -0.827. The number of fused-ring (bicyclic) bond motifs is 1. The molecule has 1 saturated heterocycles. The summed E-state index contributed by atoms with van der Waals surface area (Å²) in [6.07, 6.45) is -2.83. The molecule has 1 fully saturated rings. The zero-order chi connectivity index (χ0) is 23.1. The van der Waals surface area contributed by atoms with Crippen molar-refractivity contribution in [3.63, 3.8) is 0 Å². The molecular weight excluding hydrogens is 425 g/mol. The van der Waals surface area contributed by atoms with E-state index in [1.54, 1.807) is 4.90 Å². The van der Waals surface area contributed by atoms with E-state index in [2.05, 4.69) is 20.7 Å². The Morgan fingerprint density at radius 2 is 1.84 bits per heavy atom. The van der Waals surface area contributed by atoms with Crippen molar-refractivity contribution in [2.24, 2.45) is 0 Å². The van der Waals surface area contributed by atoms with Gasteiger partial charge in [0.25, 0.3) is 0 Å². The quantitative estimate of drug-likeness (QED) is 0.736. The number of carbonyl (C=O) groups is 2. The lowest BCUT2D eigenvalue weighted by Gasteiger charge is -2.41. The molecule has 2 N–H and O–H groups in total. The summed E-state index contributed by atoms with van der Waals surface area (Å²) in [7, 11) is 0. The van der Waals surface area contributed by atoms with Gasteiger partial charge in [0.15, 0.2) is 5.82 Å². The summed E-state index contributed by atoms with van der Waals surface area (Å²) >= 11 is 0. The van der Waals surface area contributed by atoms with E-state index in [1.165, 1.54) is 16.8 Å². The maximum atomic E-state index is 12.8. The van der Waals surface area contributed by atoms with Gasteiger partial charge in [0.2, 0.25) is 5.91 Å². The Labute approximate surface area is 183 Å². The second-order valence-corrected chi connectivity index (χ2v) is 8.68. The first kappa shape index (κ1) is 22.1. The van der Waals surface area contributed by atoms with Crippen LogP contribution in [-0.2, 0) is 23.9 Å². The van der Waals surface area contributed by atoms with Crippen LogP contribution < -0.4 is 10.6 Å². The van der Waals surface area contributed by atoms with Gasteiger partial charge in [-0.15, -0.1) is 0 Å². The molecule has 3 amide bonds. The van der Waals surface area contributed by atoms with E-state index in [4.69, 9.17) is 0 Å². The number of alkyl halides is 3. The van der Waals surface area contributed by atoms with E-state index in [1.807, 2.05) is 13.8 Å². The van der Waals surface area contributed by atoms with E-state index in [0.29, 0.717) is 43.7 Å². The average molecular weight is 450 g/mol. The van der Waals surface area contributed by atoms with Crippen molar-refractivity contribution in [3.05, 3.63) is 35.7 Å². The van der Waals surface area contributed by atoms with Gasteiger partial charge in [-0.25, -0.2) is 14.5 Å². The highest BCUT2D eigenvalue weighted by atomic mass is 19.4. The number of nitrogens with zero attached hydrogens (tertiary/aromatic N) is 4. The number of amides is 3. The van der Waals surface area contributed by atoms with Crippen LogP contribution in [-0.4, -0.2) is 56.3 Å². The summed E-state index contributed by atoms with van der Waals surface area (Å²) in [6.45, 7) is 4.78. The predicted octanol–water partition coefficient (Wildman–Crippen LogP) is 2.59. The maximum absolute atomic E-state index is 12.8. The fourth-order valence-electron chi connectivity index (χ4n) is 4.16. The van der Waals surface area contributed by atoms with Crippen molar-refractivity contribution in [3.8, 4) is 11.4 Å². The molecule has 4 rings (SSSR count). The van der Waals surface area contributed by atoms with Crippen LogP contribution in [0, 0.1) is 0 Å². The molecule has 0 saturated carbocycles. The predicted molar refractivity (Wildman–Crippen MR) is 110 cm³/mol. The average Bonchev–Trinajstić information content (AvgIpc) is 3.03. The third-order valence-corrected chi connectivity index (χ3v) is 5.83. The molecule has 0 aliphatic carbocycles. The highest BCUT2D eigenvalue weighted by Crippen LogP contribution is 2.32. The first-order valence-electron chi connectivity index (χ1n) is 10.5. The van der Waals surface area contributed by atoms with Gasteiger partial charge in [-0.2, -0.15) is 18.3 Å². The zero-order valence-electron chi connectivity index (χ0n) is 17.9. The third-order valence-electron chi connectivity index (χ3n) is 5.83. The van der Waals surface area contributed by atoms with Gasteiger partial charge < -0.3 is 15.5 Å². The number of hydrogen-bond donors (Lipinski definition) is 2. The van der Waals surface area contributed by atoms with Crippen LogP contribution in [0.1, 0.15) is 38.1 Å². The number of likely N-dealkylation sites (tertiary alicyclic amines) is 1. The summed E-state index contributed by atoms with van der Waals surface area (Å²) in [6, 6.07) is 4.57. The molecule has 1 spiro atoms. The van der Waals surface area contributed by atoms with Crippen LogP contribution in [0.3, 0.4) is 0 Å². The number of carbonyl (C=O) groups excluding carboxylic acids is 2. The van der Waals surface area contributed by atoms with E-state index in [-0.39, 0.29) is 30.3 Å². The number of hydrogen-bond acceptors (Lipinski definition) is 4. The lowest BCUT2D eigenvalue weighted by atomic mass is 9.84. The normalized spacial score (nSPS) is 18.3. The number of aromatic nitrogens is 3. The lowest BCUT2D eigenvalue weighted by molar-refractivity contribution is -0.137. The third kappa shape index (κ3) is 4.56. The molecule has 2 aliphatic rings. The summed E-state index contributed by atoms with van der Waals surface area (Å²) < 4.78 is 40.0. The molecule has 1 aromatic carbocycles. The minimum absolute atomic E-state index is 0.0116. The molecule has 3 heterocycles. The van der Waals surface area contributed by atoms with Crippen molar-refractivity contribution in [1.29, 1.82) is 0 Å². The molecule has 0 bridgehead atoms. The van der Waals surface area contributed by atoms with Crippen molar-refractivity contribution >= 4 is 11.9 Å². The molecule has 0 unspecified atom stereocenters. The van der Waals surface area contributed by atoms with Gasteiger partial charge in [-0.3, -0.25) is 4.79 Å². The smallest absolute Gasteiger partial charge is 0.348 e. The molecule has 32 heavy (non-hydrogen) atoms. The molecule has 1 aromatic heterocycles. The fraction of sp³-hybridized carbons (Fsp3) is 0.524. The van der Waals surface area contributed by atoms with Gasteiger partial charge in [-0.1, -0.05) is 12.1 Å². The molecule has 8 nitrogen and oxygen atoms in total. The standard InChI is InChI=1S/C21H25F3N6O2/c1-13(2)25-19(32)29-9-7-20(8-10-29)11-16-26-18(28-30(16)12-17(31)27-20)14-3-5-15(6-4-14)21(22,23)24/h3-6,13H,7-12H2,1-2H3,(H,25,32)(H,27,31). The SMILES string of the molecule is CC(C)NC(=O)N1CCC2(CC1)Cc1nc(-c3ccc(C(F)(F)F)cc3)nn1CC(=O)N2. The van der Waals surface area contributed by atoms with Crippen LogP contribution in [0.5, 0.6) is 0 Å². The molecule has 2 aromatic rings. The molecule has 2 aliphatic heterocycles. The zero-order valence-corrected chi connectivity index (χ0v) is 17.9. The number of benzene rings is 1. The van der Waals surface area contributed by atoms with Gasteiger partial charge in [-0.05, 0) is 38.8 Å². The Hall–Kier alpha value is -3.11. The number of nitrogens with one attached hydrogen (secondary N) is 2. The molecule has 0 radical (unpaired) electrons. The molecule has 11 heteroatoms. The van der Waals surface area contributed by atoms with Crippen molar-refractivity contribution < 1.29 is 22.8 Å². The summed E-state index contributed by atoms with van der Waals surface area (Å²) in [5, 5.41) is 10.3. The minimum atomic E-state index is -4.41. The summed E-state index contributed by atoms with van der Waals surface area (Å²) in [4.78, 5) is 31.1. The second kappa shape index (κ2) is 8.10. The van der Waals surface area contributed by atoms with E-state index < -0.39 is 17.3 Å². The molecule has 0 atom stereocenters. The Kier molecular flexibility index (Phi) is 5.59. The van der Waals surface area contributed by atoms with E-state index in [0.717, 1.165) is 12.1 Å². The minimum Gasteiger partial charge on any atom is -0.348 e. The highest BCUT2D eigenvalue weighted by molar-refractivity contribution is 5.78. The monoisotopic (exact) mass is 450 g/mol. The van der Waals surface area contributed by atoms with Crippen LogP contribution in [0.15, 0.2) is 24.3 Å². The van der Waals surface area contributed by atoms with Crippen LogP contribution in [0.4, 0.5) is 18.0 Å². The second-order valence-electron chi connectivity index (χ2n) is 8.68. The van der Waals surface area contributed by atoms with Gasteiger partial charge in [0.1, 0.15) is 12.4 Å². The van der Waals surface area contributed by atoms with E-state index >= 15 is 0 Å². The molecule has 172 valence electrons. The van der Waals surface area contributed by atoms with Crippen molar-refractivity contribution in [2.45, 2.75) is 57.4 Å². The largest absolute Gasteiger partial charge is 0.416 e. The summed E-state index contributed by atoms with van der Waals surface area (Å²) in [5.74, 6) is 0.679. The Morgan fingerprint density at radius 1 is 1.19 bits per heavy atom. The first-order chi connectivity index (χ1) is 15.0. The lowest BCUT2D eigenvalue weighted by Crippen LogP contribution is -2.58. The highest BCUT2D eigenvalue weighted by Gasteiger charge is 2.41. The number of urea groups is 1. The van der Waals surface area contributed by atoms with Crippen LogP contribution in [0.25, 0.3) is 11.4 Å². The number of rotatable bonds is 2. The van der Waals surface area contributed by atoms with Crippen molar-refractivity contribution in [2.75, 3.05) is 13.1 Å². The van der Waals surface area contributed by atoms with Crippen LogP contribution in [0.2, 0.25) is 0 Å². The Morgan fingerprint density at radius 3 is 2.44 bits per heavy atom. The number of piperidine rings is 1. The van der Waals surface area contributed by atoms with Gasteiger partial charge >= 0.3 is 12.2 Å². The fourth-order valence-corrected chi connectivity index (χ4v) is 4.16. The Bertz CT molecular complexity index is 1010. The van der Waals surface area contributed by atoms with Gasteiger partial charge in [0.05, 0.1) is 11.1 Å². The van der Waals surface area contributed by atoms with Crippen LogP contribution >= 0.6 is 0 Å². The van der Waals surface area contributed by atoms with Crippen molar-refractivity contribution in [1.82, 2.24) is 30.3 Å². The number of halogens is 3. The topological polar surface area (TPSA) is 92.2 Å². The Balaban J connectivity index is 1.52. The van der Waals surface area contributed by atoms with Gasteiger partial charge in [0, 0.05) is 31.1 Å². The molecular formula is C21H25F3N6O2. The maximum Gasteiger partial charge on any atom is 0.416 e. The first-order valence-corrected chi connectivity index (χ1v) is 10.5.